The summed E-state index contributed by atoms with van der Waals surface area (Å²) in [5, 5.41) is 0.564. The molecule has 98 valence electrons. The third kappa shape index (κ3) is 3.22. The van der Waals surface area contributed by atoms with Crippen molar-refractivity contribution in [1.29, 1.82) is 0 Å². The van der Waals surface area contributed by atoms with E-state index in [1.165, 1.54) is 6.20 Å². The lowest BCUT2D eigenvalue weighted by Crippen LogP contribution is -2.07. The molecule has 0 amide bonds. The largest absolute Gasteiger partial charge is 0.462 e. The molecule has 0 aliphatic carbocycles. The van der Waals surface area contributed by atoms with Gasteiger partial charge in [0.1, 0.15) is 0 Å². The van der Waals surface area contributed by atoms with Gasteiger partial charge in [0.15, 0.2) is 0 Å². The van der Waals surface area contributed by atoms with Crippen molar-refractivity contribution in [2.75, 3.05) is 6.61 Å². The zero-order valence-corrected chi connectivity index (χ0v) is 11.6. The molecule has 0 aliphatic rings. The Labute approximate surface area is 120 Å². The maximum atomic E-state index is 11.9. The van der Waals surface area contributed by atoms with Crippen LogP contribution in [0.15, 0.2) is 30.5 Å². The molecule has 0 N–H and O–H groups in total. The van der Waals surface area contributed by atoms with E-state index in [4.69, 9.17) is 27.9 Å². The summed E-state index contributed by atoms with van der Waals surface area (Å²) >= 11 is 11.7. The summed E-state index contributed by atoms with van der Waals surface area (Å²) in [4.78, 5) is 19.8. The molecule has 2 aromatic rings. The van der Waals surface area contributed by atoms with Gasteiger partial charge in [-0.3, -0.25) is 0 Å². The van der Waals surface area contributed by atoms with Crippen LogP contribution in [0.5, 0.6) is 0 Å². The molecule has 0 fully saturated rings. The van der Waals surface area contributed by atoms with Crippen molar-refractivity contribution in [3.8, 4) is 11.3 Å². The lowest BCUT2D eigenvalue weighted by molar-refractivity contribution is 0.0527. The van der Waals surface area contributed by atoms with Gasteiger partial charge in [-0.15, -0.1) is 0 Å². The van der Waals surface area contributed by atoms with E-state index in [-0.39, 0.29) is 11.9 Å². The van der Waals surface area contributed by atoms with Crippen LogP contribution >= 0.6 is 23.2 Å². The zero-order valence-electron chi connectivity index (χ0n) is 10.1. The minimum absolute atomic E-state index is 0.113. The quantitative estimate of drug-likeness (QED) is 0.641. The molecular weight excluding hydrogens is 287 g/mol. The zero-order chi connectivity index (χ0) is 13.8. The van der Waals surface area contributed by atoms with Crippen molar-refractivity contribution in [3.05, 3.63) is 46.3 Å². The first-order valence-corrected chi connectivity index (χ1v) is 6.33. The highest BCUT2D eigenvalue weighted by atomic mass is 35.5. The third-order valence-electron chi connectivity index (χ3n) is 2.38. The topological polar surface area (TPSA) is 52.1 Å². The maximum absolute atomic E-state index is 11.9. The predicted molar refractivity (Wildman–Crippen MR) is 73.4 cm³/mol. The molecule has 1 heterocycles. The van der Waals surface area contributed by atoms with Gasteiger partial charge < -0.3 is 4.74 Å². The number of hydrogen-bond acceptors (Lipinski definition) is 4. The van der Waals surface area contributed by atoms with Crippen LogP contribution in [0.1, 0.15) is 17.3 Å². The van der Waals surface area contributed by atoms with E-state index in [2.05, 4.69) is 9.97 Å². The Balaban J connectivity index is 2.53. The number of halogens is 2. The van der Waals surface area contributed by atoms with Crippen molar-refractivity contribution < 1.29 is 9.53 Å². The normalized spacial score (nSPS) is 10.3. The minimum Gasteiger partial charge on any atom is -0.462 e. The van der Waals surface area contributed by atoms with E-state index in [0.29, 0.717) is 21.8 Å². The second kappa shape index (κ2) is 5.99. The van der Waals surface area contributed by atoms with Crippen molar-refractivity contribution in [3.63, 3.8) is 0 Å². The molecule has 2 rings (SSSR count). The number of carbonyl (C=O) groups is 1. The number of nitrogens with zero attached hydrogens (tertiary/aromatic N) is 2. The Morgan fingerprint density at radius 3 is 2.79 bits per heavy atom. The summed E-state index contributed by atoms with van der Waals surface area (Å²) in [6.45, 7) is 2.03. The van der Waals surface area contributed by atoms with Gasteiger partial charge in [-0.2, -0.15) is 0 Å². The van der Waals surface area contributed by atoms with Crippen LogP contribution < -0.4 is 0 Å². The van der Waals surface area contributed by atoms with Crippen molar-refractivity contribution in [2.24, 2.45) is 0 Å². The van der Waals surface area contributed by atoms with Crippen LogP contribution in [-0.4, -0.2) is 22.5 Å². The van der Waals surface area contributed by atoms with Crippen LogP contribution in [0.25, 0.3) is 11.3 Å². The smallest absolute Gasteiger partial charge is 0.338 e. The van der Waals surface area contributed by atoms with Gasteiger partial charge in [0.2, 0.25) is 5.28 Å². The molecule has 19 heavy (non-hydrogen) atoms. The second-order valence-electron chi connectivity index (χ2n) is 3.62. The predicted octanol–water partition coefficient (Wildman–Crippen LogP) is 3.63. The monoisotopic (exact) mass is 296 g/mol. The first-order valence-electron chi connectivity index (χ1n) is 5.57. The summed E-state index contributed by atoms with van der Waals surface area (Å²) in [5.74, 6) is -0.449. The lowest BCUT2D eigenvalue weighted by atomic mass is 10.0. The van der Waals surface area contributed by atoms with Gasteiger partial charge in [-0.1, -0.05) is 17.7 Å². The standard InChI is InChI=1S/C13H10Cl2N2O2/c1-2-19-12(18)10-7-8(14)3-4-9(10)11-5-6-16-13(15)17-11/h3-7H,2H2,1H3. The van der Waals surface area contributed by atoms with Crippen LogP contribution in [0.3, 0.4) is 0 Å². The fraction of sp³-hybridized carbons (Fsp3) is 0.154. The molecule has 0 aliphatic heterocycles. The number of hydrogen-bond donors (Lipinski definition) is 0. The van der Waals surface area contributed by atoms with Gasteiger partial charge in [-0.05, 0) is 36.7 Å². The summed E-state index contributed by atoms with van der Waals surface area (Å²) in [6, 6.07) is 6.59. The highest BCUT2D eigenvalue weighted by molar-refractivity contribution is 6.31. The molecule has 0 atom stereocenters. The van der Waals surface area contributed by atoms with E-state index in [1.54, 1.807) is 31.2 Å². The van der Waals surface area contributed by atoms with Gasteiger partial charge in [-0.25, -0.2) is 14.8 Å². The summed E-state index contributed by atoms with van der Waals surface area (Å²) < 4.78 is 5.00. The molecule has 0 bridgehead atoms. The van der Waals surface area contributed by atoms with E-state index in [0.717, 1.165) is 0 Å². The Morgan fingerprint density at radius 2 is 2.11 bits per heavy atom. The molecule has 0 radical (unpaired) electrons. The minimum atomic E-state index is -0.449. The number of esters is 1. The molecule has 4 nitrogen and oxygen atoms in total. The molecule has 0 saturated heterocycles. The van der Waals surface area contributed by atoms with E-state index in [9.17, 15) is 4.79 Å². The summed E-state index contributed by atoms with van der Waals surface area (Å²) in [7, 11) is 0. The average Bonchev–Trinajstić information content (AvgIpc) is 2.39. The maximum Gasteiger partial charge on any atom is 0.338 e. The van der Waals surface area contributed by atoms with E-state index in [1.807, 2.05) is 0 Å². The fourth-order valence-electron chi connectivity index (χ4n) is 1.60. The summed E-state index contributed by atoms with van der Waals surface area (Å²) in [6.07, 6.45) is 1.52. The van der Waals surface area contributed by atoms with Crippen LogP contribution in [-0.2, 0) is 4.74 Å². The Morgan fingerprint density at radius 1 is 1.32 bits per heavy atom. The number of carbonyl (C=O) groups excluding carboxylic acids is 1. The highest BCUT2D eigenvalue weighted by Gasteiger charge is 2.15. The molecule has 1 aromatic carbocycles. The number of aromatic nitrogens is 2. The van der Waals surface area contributed by atoms with E-state index >= 15 is 0 Å². The third-order valence-corrected chi connectivity index (χ3v) is 2.80. The Kier molecular flexibility index (Phi) is 4.35. The van der Waals surface area contributed by atoms with Gasteiger partial charge >= 0.3 is 5.97 Å². The molecule has 0 unspecified atom stereocenters. The molecule has 1 aromatic heterocycles. The average molecular weight is 297 g/mol. The molecule has 6 heteroatoms. The van der Waals surface area contributed by atoms with Crippen LogP contribution in [0, 0.1) is 0 Å². The first-order chi connectivity index (χ1) is 9.11. The SMILES string of the molecule is CCOC(=O)c1cc(Cl)ccc1-c1ccnc(Cl)n1. The van der Waals surface area contributed by atoms with Crippen molar-refractivity contribution in [2.45, 2.75) is 6.92 Å². The fourth-order valence-corrected chi connectivity index (χ4v) is 1.92. The summed E-state index contributed by atoms with van der Waals surface area (Å²) in [5.41, 5.74) is 1.50. The van der Waals surface area contributed by atoms with Crippen LogP contribution in [0.2, 0.25) is 10.3 Å². The molecule has 0 spiro atoms. The second-order valence-corrected chi connectivity index (χ2v) is 4.40. The number of ether oxygens (including phenoxy) is 1. The Hall–Kier alpha value is -1.65. The lowest BCUT2D eigenvalue weighted by Gasteiger charge is -2.09. The van der Waals surface area contributed by atoms with Gasteiger partial charge in [0.25, 0.3) is 0 Å². The van der Waals surface area contributed by atoms with Crippen molar-refractivity contribution in [1.82, 2.24) is 9.97 Å². The Bertz CT molecular complexity index is 617. The molecule has 0 saturated carbocycles. The molecular formula is C13H10Cl2N2O2. The number of benzene rings is 1. The van der Waals surface area contributed by atoms with Crippen LogP contribution in [0.4, 0.5) is 0 Å². The van der Waals surface area contributed by atoms with E-state index < -0.39 is 5.97 Å². The first kappa shape index (κ1) is 13.8. The highest BCUT2D eigenvalue weighted by Crippen LogP contribution is 2.26. The number of rotatable bonds is 3. The van der Waals surface area contributed by atoms with Gasteiger partial charge in [0.05, 0.1) is 17.9 Å². The van der Waals surface area contributed by atoms with Gasteiger partial charge in [0, 0.05) is 16.8 Å². The van der Waals surface area contributed by atoms with Crippen molar-refractivity contribution >= 4 is 29.2 Å².